The SMILES string of the molecule is COc1nc2cccnc2nc1NS(=O)c1cccc(Cl)c1Cl. The molecule has 118 valence electrons. The Labute approximate surface area is 144 Å². The monoisotopic (exact) mass is 368 g/mol. The van der Waals surface area contributed by atoms with Crippen molar-refractivity contribution in [3.63, 3.8) is 0 Å². The molecule has 0 radical (unpaired) electrons. The summed E-state index contributed by atoms with van der Waals surface area (Å²) < 4.78 is 20.4. The predicted octanol–water partition coefficient (Wildman–Crippen LogP) is 3.47. The minimum absolute atomic E-state index is 0.202. The van der Waals surface area contributed by atoms with Crippen molar-refractivity contribution in [1.82, 2.24) is 15.0 Å². The lowest BCUT2D eigenvalue weighted by Gasteiger charge is -2.11. The van der Waals surface area contributed by atoms with Crippen LogP contribution < -0.4 is 9.46 Å². The Balaban J connectivity index is 2.00. The van der Waals surface area contributed by atoms with Crippen LogP contribution in [0.3, 0.4) is 0 Å². The molecule has 3 rings (SSSR count). The Morgan fingerprint density at radius 2 is 2.00 bits per heavy atom. The fraction of sp³-hybridized carbons (Fsp3) is 0.0714. The maximum absolute atomic E-state index is 12.5. The van der Waals surface area contributed by atoms with Gasteiger partial charge >= 0.3 is 0 Å². The molecule has 9 heteroatoms. The molecule has 0 amide bonds. The molecule has 23 heavy (non-hydrogen) atoms. The van der Waals surface area contributed by atoms with Gasteiger partial charge in [0.1, 0.15) is 5.52 Å². The largest absolute Gasteiger partial charge is 0.478 e. The van der Waals surface area contributed by atoms with Gasteiger partial charge < -0.3 is 4.74 Å². The number of nitrogens with zero attached hydrogens (tertiary/aromatic N) is 3. The molecular weight excluding hydrogens is 359 g/mol. The molecule has 2 heterocycles. The fourth-order valence-corrected chi connectivity index (χ4v) is 3.32. The van der Waals surface area contributed by atoms with Crippen LogP contribution in [0.15, 0.2) is 41.4 Å². The lowest BCUT2D eigenvalue weighted by atomic mass is 10.4. The van der Waals surface area contributed by atoms with E-state index in [2.05, 4.69) is 19.7 Å². The van der Waals surface area contributed by atoms with Gasteiger partial charge in [-0.05, 0) is 24.3 Å². The molecule has 0 aliphatic heterocycles. The lowest BCUT2D eigenvalue weighted by molar-refractivity contribution is 0.400. The molecule has 1 N–H and O–H groups in total. The van der Waals surface area contributed by atoms with Gasteiger partial charge in [0.15, 0.2) is 16.6 Å². The van der Waals surface area contributed by atoms with Gasteiger partial charge in [-0.15, -0.1) is 0 Å². The molecule has 0 saturated heterocycles. The maximum atomic E-state index is 12.5. The Morgan fingerprint density at radius 1 is 1.17 bits per heavy atom. The highest BCUT2D eigenvalue weighted by atomic mass is 35.5. The summed E-state index contributed by atoms with van der Waals surface area (Å²) in [7, 11) is -0.237. The number of nitrogens with one attached hydrogen (secondary N) is 1. The summed E-state index contributed by atoms with van der Waals surface area (Å²) in [5.74, 6) is 0.407. The maximum Gasteiger partial charge on any atom is 0.258 e. The first kappa shape index (κ1) is 15.9. The van der Waals surface area contributed by atoms with E-state index < -0.39 is 11.0 Å². The van der Waals surface area contributed by atoms with E-state index in [1.165, 1.54) is 7.11 Å². The Bertz CT molecular complexity index is 907. The number of benzene rings is 1. The van der Waals surface area contributed by atoms with E-state index in [4.69, 9.17) is 27.9 Å². The molecule has 3 aromatic rings. The van der Waals surface area contributed by atoms with Crippen LogP contribution in [0.1, 0.15) is 0 Å². The van der Waals surface area contributed by atoms with Gasteiger partial charge in [-0.2, -0.15) is 0 Å². The highest BCUT2D eigenvalue weighted by Gasteiger charge is 2.16. The number of methoxy groups -OCH3 is 1. The predicted molar refractivity (Wildman–Crippen MR) is 90.4 cm³/mol. The Morgan fingerprint density at radius 3 is 2.78 bits per heavy atom. The van der Waals surface area contributed by atoms with Gasteiger partial charge in [0, 0.05) is 6.20 Å². The number of halogens is 2. The molecule has 0 aliphatic rings. The van der Waals surface area contributed by atoms with Crippen molar-refractivity contribution in [2.24, 2.45) is 0 Å². The first-order valence-corrected chi connectivity index (χ1v) is 8.30. The number of anilines is 1. The van der Waals surface area contributed by atoms with E-state index in [1.54, 1.807) is 36.5 Å². The van der Waals surface area contributed by atoms with Crippen molar-refractivity contribution in [3.05, 3.63) is 46.6 Å². The van der Waals surface area contributed by atoms with Gasteiger partial charge in [-0.25, -0.2) is 19.2 Å². The van der Waals surface area contributed by atoms with E-state index in [-0.39, 0.29) is 16.7 Å². The number of hydrogen-bond donors (Lipinski definition) is 1. The van der Waals surface area contributed by atoms with Gasteiger partial charge in [-0.3, -0.25) is 4.72 Å². The summed E-state index contributed by atoms with van der Waals surface area (Å²) in [6.45, 7) is 0. The molecule has 1 aromatic carbocycles. The van der Waals surface area contributed by atoms with Crippen molar-refractivity contribution in [2.45, 2.75) is 4.90 Å². The van der Waals surface area contributed by atoms with Gasteiger partial charge in [0.05, 0.1) is 22.1 Å². The van der Waals surface area contributed by atoms with Crippen LogP contribution in [0.5, 0.6) is 5.88 Å². The van der Waals surface area contributed by atoms with Crippen molar-refractivity contribution in [1.29, 1.82) is 0 Å². The highest BCUT2D eigenvalue weighted by molar-refractivity contribution is 7.86. The summed E-state index contributed by atoms with van der Waals surface area (Å²) >= 11 is 12.0. The van der Waals surface area contributed by atoms with Gasteiger partial charge in [-0.1, -0.05) is 29.3 Å². The van der Waals surface area contributed by atoms with E-state index in [0.29, 0.717) is 21.1 Å². The number of hydrogen-bond acceptors (Lipinski definition) is 5. The first-order valence-electron chi connectivity index (χ1n) is 6.39. The number of rotatable bonds is 4. The molecule has 0 aliphatic carbocycles. The molecule has 2 aromatic heterocycles. The van der Waals surface area contributed by atoms with Crippen molar-refractivity contribution in [3.8, 4) is 5.88 Å². The number of aromatic nitrogens is 3. The van der Waals surface area contributed by atoms with Crippen LogP contribution in [0.4, 0.5) is 5.82 Å². The number of ether oxygens (including phenoxy) is 1. The van der Waals surface area contributed by atoms with Crippen LogP contribution in [0, 0.1) is 0 Å². The topological polar surface area (TPSA) is 77.0 Å². The smallest absolute Gasteiger partial charge is 0.258 e. The molecule has 1 atom stereocenters. The second kappa shape index (κ2) is 6.66. The Hall–Kier alpha value is -1.96. The standard InChI is InChI=1S/C14H10Cl2N4O2S/c1-22-14-13(19-12-9(18-14)5-3-7-17-12)20-23(21)10-6-2-4-8(15)11(10)16/h2-7H,1H3,(H,17,19,20). The molecule has 6 nitrogen and oxygen atoms in total. The molecule has 0 fully saturated rings. The number of fused-ring (bicyclic) bond motifs is 1. The molecule has 0 bridgehead atoms. The lowest BCUT2D eigenvalue weighted by Crippen LogP contribution is -2.09. The van der Waals surface area contributed by atoms with E-state index in [9.17, 15) is 4.21 Å². The third-order valence-electron chi connectivity index (χ3n) is 2.91. The quantitative estimate of drug-likeness (QED) is 0.762. The minimum atomic E-state index is -1.69. The zero-order chi connectivity index (χ0) is 16.4. The highest BCUT2D eigenvalue weighted by Crippen LogP contribution is 2.30. The van der Waals surface area contributed by atoms with E-state index in [0.717, 1.165) is 0 Å². The molecule has 1 unspecified atom stereocenters. The molecule has 0 spiro atoms. The van der Waals surface area contributed by atoms with E-state index in [1.807, 2.05) is 0 Å². The third kappa shape index (κ3) is 3.21. The molecule has 0 saturated carbocycles. The second-order valence-corrected chi connectivity index (χ2v) is 6.32. The van der Waals surface area contributed by atoms with Crippen molar-refractivity contribution >= 4 is 51.2 Å². The van der Waals surface area contributed by atoms with Crippen molar-refractivity contribution < 1.29 is 8.95 Å². The zero-order valence-corrected chi connectivity index (χ0v) is 14.1. The van der Waals surface area contributed by atoms with Crippen LogP contribution >= 0.6 is 23.2 Å². The summed E-state index contributed by atoms with van der Waals surface area (Å²) in [6, 6.07) is 8.38. The minimum Gasteiger partial charge on any atom is -0.478 e. The van der Waals surface area contributed by atoms with Crippen LogP contribution in [-0.4, -0.2) is 26.3 Å². The summed E-state index contributed by atoms with van der Waals surface area (Å²) in [5, 5.41) is 0.531. The van der Waals surface area contributed by atoms with Crippen molar-refractivity contribution in [2.75, 3.05) is 11.8 Å². The van der Waals surface area contributed by atoms with Crippen LogP contribution in [0.2, 0.25) is 10.0 Å². The fourth-order valence-electron chi connectivity index (χ4n) is 1.86. The summed E-state index contributed by atoms with van der Waals surface area (Å²) in [5.41, 5.74) is 0.978. The van der Waals surface area contributed by atoms with Gasteiger partial charge in [0.2, 0.25) is 5.82 Å². The zero-order valence-electron chi connectivity index (χ0n) is 11.8. The third-order valence-corrected chi connectivity index (χ3v) is 4.96. The van der Waals surface area contributed by atoms with E-state index >= 15 is 0 Å². The van der Waals surface area contributed by atoms with Crippen LogP contribution in [0.25, 0.3) is 11.2 Å². The summed E-state index contributed by atoms with van der Waals surface area (Å²) in [6.07, 6.45) is 1.60. The Kier molecular flexibility index (Phi) is 4.61. The number of pyridine rings is 1. The average molecular weight is 369 g/mol. The normalized spacial score (nSPS) is 12.1. The first-order chi connectivity index (χ1) is 11.1. The van der Waals surface area contributed by atoms with Crippen LogP contribution in [-0.2, 0) is 11.0 Å². The second-order valence-electron chi connectivity index (χ2n) is 4.35. The average Bonchev–Trinajstić information content (AvgIpc) is 2.56. The summed E-state index contributed by atoms with van der Waals surface area (Å²) in [4.78, 5) is 13.0. The molecular formula is C14H10Cl2N4O2S. The van der Waals surface area contributed by atoms with Gasteiger partial charge in [0.25, 0.3) is 5.88 Å².